The highest BCUT2D eigenvalue weighted by atomic mass is 35.5. The lowest BCUT2D eigenvalue weighted by molar-refractivity contribution is -0.123. The molecule has 7 nitrogen and oxygen atoms in total. The summed E-state index contributed by atoms with van der Waals surface area (Å²) in [5.74, 6) is -0.0817. The first-order valence-corrected chi connectivity index (χ1v) is 11.7. The molecule has 31 heavy (non-hydrogen) atoms. The van der Waals surface area contributed by atoms with Crippen LogP contribution < -0.4 is 14.8 Å². The van der Waals surface area contributed by atoms with Gasteiger partial charge >= 0.3 is 0 Å². The van der Waals surface area contributed by atoms with Crippen molar-refractivity contribution in [2.45, 2.75) is 38.6 Å². The minimum absolute atomic E-state index is 0.00393. The fourth-order valence-corrected chi connectivity index (χ4v) is 4.42. The monoisotopic (exact) mass is 468 g/mol. The van der Waals surface area contributed by atoms with Crippen molar-refractivity contribution >= 4 is 27.5 Å². The zero-order valence-electron chi connectivity index (χ0n) is 18.4. The van der Waals surface area contributed by atoms with Crippen LogP contribution in [0.25, 0.3) is 0 Å². The second kappa shape index (κ2) is 10.9. The first-order valence-electron chi connectivity index (χ1n) is 9.83. The molecule has 9 heteroatoms. The molecule has 2 aromatic carbocycles. The molecule has 2 N–H and O–H groups in total. The highest BCUT2D eigenvalue weighted by molar-refractivity contribution is 7.89. The van der Waals surface area contributed by atoms with Crippen LogP contribution in [0.15, 0.2) is 35.2 Å². The number of nitrogens with one attached hydrogen (secondary N) is 2. The number of carbonyl (C=O) groups is 1. The number of benzene rings is 2. The molecule has 0 saturated carbocycles. The maximum absolute atomic E-state index is 12.4. The summed E-state index contributed by atoms with van der Waals surface area (Å²) in [6.07, 6.45) is 0. The van der Waals surface area contributed by atoms with E-state index in [1.165, 1.54) is 30.9 Å². The SMILES string of the molecule is COCCNS(=O)(=O)c1ccc(OCC(=O)N[C@H](C)c2cc(C)c(C)cc2C)c(Cl)c1. The van der Waals surface area contributed by atoms with Crippen LogP contribution in [0.2, 0.25) is 5.02 Å². The van der Waals surface area contributed by atoms with Crippen LogP contribution in [-0.2, 0) is 19.6 Å². The lowest BCUT2D eigenvalue weighted by atomic mass is 9.96. The molecule has 1 atom stereocenters. The van der Waals surface area contributed by atoms with Crippen LogP contribution in [0.1, 0.15) is 35.2 Å². The minimum Gasteiger partial charge on any atom is -0.482 e. The quantitative estimate of drug-likeness (QED) is 0.521. The van der Waals surface area contributed by atoms with Gasteiger partial charge in [0, 0.05) is 13.7 Å². The largest absolute Gasteiger partial charge is 0.482 e. The Morgan fingerprint density at radius 3 is 2.42 bits per heavy atom. The third-order valence-electron chi connectivity index (χ3n) is 4.90. The first-order chi connectivity index (χ1) is 14.5. The van der Waals surface area contributed by atoms with E-state index in [2.05, 4.69) is 29.1 Å². The molecule has 2 rings (SSSR count). The number of carbonyl (C=O) groups excluding carboxylic acids is 1. The fourth-order valence-electron chi connectivity index (χ4n) is 3.08. The number of hydrogen-bond acceptors (Lipinski definition) is 5. The summed E-state index contributed by atoms with van der Waals surface area (Å²) in [5.41, 5.74) is 4.52. The van der Waals surface area contributed by atoms with Crippen LogP contribution >= 0.6 is 11.6 Å². The Bertz CT molecular complexity index is 1040. The molecule has 1 amide bonds. The van der Waals surface area contributed by atoms with Gasteiger partial charge in [0.25, 0.3) is 5.91 Å². The number of methoxy groups -OCH3 is 1. The first kappa shape index (κ1) is 25.1. The average Bonchev–Trinajstić information content (AvgIpc) is 2.69. The summed E-state index contributed by atoms with van der Waals surface area (Å²) in [7, 11) is -2.23. The van der Waals surface area contributed by atoms with Crippen LogP contribution in [0.5, 0.6) is 5.75 Å². The lowest BCUT2D eigenvalue weighted by Gasteiger charge is -2.19. The number of aryl methyl sites for hydroxylation is 3. The van der Waals surface area contributed by atoms with Gasteiger partial charge in [0.15, 0.2) is 6.61 Å². The summed E-state index contributed by atoms with van der Waals surface area (Å²) < 4.78 is 37.2. The fraction of sp³-hybridized carbons (Fsp3) is 0.409. The summed E-state index contributed by atoms with van der Waals surface area (Å²) in [5, 5.41) is 3.01. The second-order valence-electron chi connectivity index (χ2n) is 7.35. The van der Waals surface area contributed by atoms with Crippen molar-refractivity contribution in [1.29, 1.82) is 0 Å². The van der Waals surface area contributed by atoms with Gasteiger partial charge in [0.2, 0.25) is 10.0 Å². The van der Waals surface area contributed by atoms with Gasteiger partial charge in [-0.3, -0.25) is 4.79 Å². The number of sulfonamides is 1. The standard InChI is InChI=1S/C22H29ClN2O5S/c1-14-10-16(3)19(11-15(14)2)17(4)25-22(26)13-30-21-7-6-18(12-20(21)23)31(27,28)24-8-9-29-5/h6-7,10-12,17,24H,8-9,13H2,1-5H3,(H,25,26)/t17-/m1/s1. The average molecular weight is 469 g/mol. The van der Waals surface area contributed by atoms with E-state index in [0.717, 1.165) is 16.7 Å². The molecular weight excluding hydrogens is 440 g/mol. The number of ether oxygens (including phenoxy) is 2. The predicted molar refractivity (Wildman–Crippen MR) is 121 cm³/mol. The van der Waals surface area contributed by atoms with Crippen LogP contribution in [0.3, 0.4) is 0 Å². The zero-order chi connectivity index (χ0) is 23.2. The molecule has 0 saturated heterocycles. The van der Waals surface area contributed by atoms with E-state index in [1.54, 1.807) is 0 Å². The van der Waals surface area contributed by atoms with Crippen molar-refractivity contribution in [2.75, 3.05) is 26.9 Å². The number of rotatable bonds is 10. The summed E-state index contributed by atoms with van der Waals surface area (Å²) in [6, 6.07) is 8.07. The van der Waals surface area contributed by atoms with Crippen molar-refractivity contribution in [3.8, 4) is 5.75 Å². The van der Waals surface area contributed by atoms with Gasteiger partial charge in [0.05, 0.1) is 22.6 Å². The molecule has 0 radical (unpaired) electrons. The van der Waals surface area contributed by atoms with Gasteiger partial charge in [-0.15, -0.1) is 0 Å². The third-order valence-corrected chi connectivity index (χ3v) is 6.65. The predicted octanol–water partition coefficient (Wildman–Crippen LogP) is 3.45. The number of amides is 1. The molecule has 0 bridgehead atoms. The molecule has 170 valence electrons. The van der Waals surface area contributed by atoms with Crippen molar-refractivity contribution in [3.63, 3.8) is 0 Å². The van der Waals surface area contributed by atoms with E-state index in [4.69, 9.17) is 21.1 Å². The lowest BCUT2D eigenvalue weighted by Crippen LogP contribution is -2.31. The van der Waals surface area contributed by atoms with Gasteiger partial charge < -0.3 is 14.8 Å². The summed E-state index contributed by atoms with van der Waals surface area (Å²) >= 11 is 6.16. The maximum Gasteiger partial charge on any atom is 0.258 e. The summed E-state index contributed by atoms with van der Waals surface area (Å²) in [4.78, 5) is 12.4. The molecule has 0 aliphatic carbocycles. The Balaban J connectivity index is 1.98. The van der Waals surface area contributed by atoms with E-state index >= 15 is 0 Å². The van der Waals surface area contributed by atoms with Gasteiger partial charge in [-0.2, -0.15) is 0 Å². The smallest absolute Gasteiger partial charge is 0.258 e. The molecule has 0 spiro atoms. The Morgan fingerprint density at radius 2 is 1.77 bits per heavy atom. The molecule has 0 heterocycles. The van der Waals surface area contributed by atoms with Crippen molar-refractivity contribution < 1.29 is 22.7 Å². The molecule has 0 unspecified atom stereocenters. The van der Waals surface area contributed by atoms with Gasteiger partial charge in [0.1, 0.15) is 5.75 Å². The minimum atomic E-state index is -3.71. The number of halogens is 1. The highest BCUT2D eigenvalue weighted by Gasteiger charge is 2.17. The van der Waals surface area contributed by atoms with E-state index < -0.39 is 10.0 Å². The molecule has 0 fully saturated rings. The Hall–Kier alpha value is -2.13. The van der Waals surface area contributed by atoms with E-state index in [1.807, 2.05) is 20.8 Å². The zero-order valence-corrected chi connectivity index (χ0v) is 20.0. The van der Waals surface area contributed by atoms with Crippen LogP contribution in [-0.4, -0.2) is 41.2 Å². The molecular formula is C22H29ClN2O5S. The molecule has 2 aromatic rings. The normalized spacial score (nSPS) is 12.5. The Labute approximate surface area is 189 Å². The Kier molecular flexibility index (Phi) is 8.88. The third kappa shape index (κ3) is 6.93. The van der Waals surface area contributed by atoms with E-state index in [9.17, 15) is 13.2 Å². The van der Waals surface area contributed by atoms with E-state index in [0.29, 0.717) is 0 Å². The van der Waals surface area contributed by atoms with Gasteiger partial charge in [-0.05, 0) is 68.1 Å². The van der Waals surface area contributed by atoms with Crippen LogP contribution in [0.4, 0.5) is 0 Å². The second-order valence-corrected chi connectivity index (χ2v) is 9.53. The van der Waals surface area contributed by atoms with Crippen molar-refractivity contribution in [3.05, 3.63) is 57.6 Å². The van der Waals surface area contributed by atoms with Crippen LogP contribution in [0, 0.1) is 20.8 Å². The van der Waals surface area contributed by atoms with Gasteiger partial charge in [-0.25, -0.2) is 13.1 Å². The highest BCUT2D eigenvalue weighted by Crippen LogP contribution is 2.27. The topological polar surface area (TPSA) is 93.7 Å². The van der Waals surface area contributed by atoms with Gasteiger partial charge in [-0.1, -0.05) is 23.7 Å². The van der Waals surface area contributed by atoms with E-state index in [-0.39, 0.29) is 47.4 Å². The maximum atomic E-state index is 12.4. The molecule has 0 aromatic heterocycles. The molecule has 0 aliphatic rings. The Morgan fingerprint density at radius 1 is 1.10 bits per heavy atom. The van der Waals surface area contributed by atoms with Crippen molar-refractivity contribution in [1.82, 2.24) is 10.0 Å². The van der Waals surface area contributed by atoms with Crippen molar-refractivity contribution in [2.24, 2.45) is 0 Å². The number of hydrogen-bond donors (Lipinski definition) is 2. The molecule has 0 aliphatic heterocycles. The summed E-state index contributed by atoms with van der Waals surface area (Å²) in [6.45, 7) is 8.18.